The van der Waals surface area contributed by atoms with Gasteiger partial charge in [-0.2, -0.15) is 5.48 Å². The number of ether oxygens (including phenoxy) is 1. The molecule has 3 heterocycles. The molecule has 0 aromatic heterocycles. The van der Waals surface area contributed by atoms with E-state index < -0.39 is 0 Å². The smallest absolute Gasteiger partial charge is 0.110 e. The first-order chi connectivity index (χ1) is 11.1. The number of halogens is 1. The lowest BCUT2D eigenvalue weighted by atomic mass is 9.72. The molecule has 6 nitrogen and oxygen atoms in total. The van der Waals surface area contributed by atoms with E-state index >= 15 is 0 Å². The fourth-order valence-corrected chi connectivity index (χ4v) is 4.93. The van der Waals surface area contributed by atoms with E-state index in [1.807, 2.05) is 7.11 Å². The van der Waals surface area contributed by atoms with Gasteiger partial charge in [0.15, 0.2) is 0 Å². The third-order valence-electron chi connectivity index (χ3n) is 5.70. The molecule has 1 aliphatic carbocycles. The second-order valence-corrected chi connectivity index (χ2v) is 7.38. The molecule has 1 saturated heterocycles. The zero-order valence-electron chi connectivity index (χ0n) is 13.7. The molecule has 7 atom stereocenters. The number of alkyl halides is 1. The molecular weight excluding hydrogens is 316 g/mol. The molecular formula is C16H25ClN4O2. The number of methoxy groups -OCH3 is 1. The number of nitrogens with one attached hydrogen (secondary N) is 4. The number of hydrogen-bond donors (Lipinski definition) is 4. The van der Waals surface area contributed by atoms with Crippen LogP contribution in [0.3, 0.4) is 0 Å². The van der Waals surface area contributed by atoms with E-state index in [0.29, 0.717) is 30.5 Å². The molecule has 0 aromatic carbocycles. The van der Waals surface area contributed by atoms with Crippen LogP contribution in [-0.2, 0) is 9.57 Å². The van der Waals surface area contributed by atoms with E-state index in [2.05, 4.69) is 41.4 Å². The maximum atomic E-state index is 6.49. The predicted octanol–water partition coefficient (Wildman–Crippen LogP) is 0.979. The highest BCUT2D eigenvalue weighted by Gasteiger charge is 2.47. The van der Waals surface area contributed by atoms with Gasteiger partial charge in [0, 0.05) is 42.2 Å². The molecule has 4 rings (SSSR count). The van der Waals surface area contributed by atoms with Gasteiger partial charge in [-0.25, -0.2) is 0 Å². The number of allylic oxidation sites excluding steroid dienone is 1. The fraction of sp³-hybridized carbons (Fsp3) is 0.750. The molecule has 0 bridgehead atoms. The second-order valence-electron chi connectivity index (χ2n) is 6.94. The van der Waals surface area contributed by atoms with Crippen molar-refractivity contribution in [2.75, 3.05) is 13.8 Å². The molecule has 7 heteroatoms. The van der Waals surface area contributed by atoms with Gasteiger partial charge in [0.1, 0.15) is 11.3 Å². The van der Waals surface area contributed by atoms with Crippen LogP contribution in [-0.4, -0.2) is 37.5 Å². The summed E-state index contributed by atoms with van der Waals surface area (Å²) in [6, 6.07) is 0.311. The van der Waals surface area contributed by atoms with Crippen molar-refractivity contribution in [3.63, 3.8) is 0 Å². The molecule has 6 unspecified atom stereocenters. The first kappa shape index (κ1) is 15.7. The Balaban J connectivity index is 1.65. The Hall–Kier alpha value is -0.790. The summed E-state index contributed by atoms with van der Waals surface area (Å²) >= 11 is 6.49. The SMILES string of the molecule is COC1CC2C(=C[C@H]1C1C(C)NOC1C)NC1=C2C(Cl)NCN1. The summed E-state index contributed by atoms with van der Waals surface area (Å²) in [6.45, 7) is 4.99. The monoisotopic (exact) mass is 340 g/mol. The van der Waals surface area contributed by atoms with Gasteiger partial charge in [-0.1, -0.05) is 6.08 Å². The van der Waals surface area contributed by atoms with Gasteiger partial charge in [0.2, 0.25) is 0 Å². The normalized spacial score (nSPS) is 45.9. The molecule has 128 valence electrons. The molecule has 1 fully saturated rings. The van der Waals surface area contributed by atoms with Gasteiger partial charge in [-0.15, -0.1) is 11.6 Å². The number of fused-ring (bicyclic) bond motifs is 2. The topological polar surface area (TPSA) is 66.6 Å². The van der Waals surface area contributed by atoms with Gasteiger partial charge >= 0.3 is 0 Å². The molecule has 3 aliphatic heterocycles. The summed E-state index contributed by atoms with van der Waals surface area (Å²) in [7, 11) is 1.81. The van der Waals surface area contributed by atoms with E-state index in [1.54, 1.807) is 0 Å². The minimum Gasteiger partial charge on any atom is -0.381 e. The van der Waals surface area contributed by atoms with Crippen LogP contribution in [0.15, 0.2) is 23.2 Å². The number of rotatable bonds is 2. The van der Waals surface area contributed by atoms with E-state index in [1.165, 1.54) is 11.3 Å². The molecule has 0 amide bonds. The van der Waals surface area contributed by atoms with Crippen molar-refractivity contribution in [3.8, 4) is 0 Å². The van der Waals surface area contributed by atoms with Crippen molar-refractivity contribution >= 4 is 11.6 Å². The van der Waals surface area contributed by atoms with E-state index in [0.717, 1.165) is 12.2 Å². The third kappa shape index (κ3) is 2.48. The van der Waals surface area contributed by atoms with Crippen LogP contribution in [0.1, 0.15) is 20.3 Å². The van der Waals surface area contributed by atoms with Crippen molar-refractivity contribution in [2.24, 2.45) is 17.8 Å². The van der Waals surface area contributed by atoms with Gasteiger partial charge < -0.3 is 15.4 Å². The summed E-state index contributed by atoms with van der Waals surface area (Å²) in [5.74, 6) is 2.08. The zero-order chi connectivity index (χ0) is 16.1. The first-order valence-electron chi connectivity index (χ1n) is 8.38. The molecule has 0 saturated carbocycles. The van der Waals surface area contributed by atoms with Gasteiger partial charge in [-0.3, -0.25) is 10.2 Å². The largest absolute Gasteiger partial charge is 0.381 e. The van der Waals surface area contributed by atoms with Crippen LogP contribution < -0.4 is 21.4 Å². The van der Waals surface area contributed by atoms with E-state index in [9.17, 15) is 0 Å². The summed E-state index contributed by atoms with van der Waals surface area (Å²) in [4.78, 5) is 5.64. The Morgan fingerprint density at radius 2 is 2.17 bits per heavy atom. The second kappa shape index (κ2) is 5.93. The fourth-order valence-electron chi connectivity index (χ4n) is 4.59. The molecule has 4 aliphatic rings. The first-order valence-corrected chi connectivity index (χ1v) is 8.82. The number of hydroxylamine groups is 1. The molecule has 0 aromatic rings. The zero-order valence-corrected chi connectivity index (χ0v) is 14.5. The van der Waals surface area contributed by atoms with Crippen LogP contribution in [0.4, 0.5) is 0 Å². The number of hydrogen-bond acceptors (Lipinski definition) is 6. The van der Waals surface area contributed by atoms with Gasteiger partial charge in [-0.05, 0) is 20.3 Å². The lowest BCUT2D eigenvalue weighted by Crippen LogP contribution is -2.44. The summed E-state index contributed by atoms with van der Waals surface area (Å²) in [5.41, 5.74) is 5.46. The average Bonchev–Trinajstić information content (AvgIpc) is 3.06. The van der Waals surface area contributed by atoms with Crippen LogP contribution in [0.2, 0.25) is 0 Å². The molecule has 23 heavy (non-hydrogen) atoms. The molecule has 0 radical (unpaired) electrons. The highest BCUT2D eigenvalue weighted by molar-refractivity contribution is 6.22. The van der Waals surface area contributed by atoms with Crippen molar-refractivity contribution in [1.82, 2.24) is 21.4 Å². The third-order valence-corrected chi connectivity index (χ3v) is 6.09. The van der Waals surface area contributed by atoms with Crippen LogP contribution in [0, 0.1) is 17.8 Å². The highest BCUT2D eigenvalue weighted by Crippen LogP contribution is 2.45. The Morgan fingerprint density at radius 3 is 2.87 bits per heavy atom. The average molecular weight is 341 g/mol. The van der Waals surface area contributed by atoms with Crippen molar-refractivity contribution in [1.29, 1.82) is 0 Å². The maximum Gasteiger partial charge on any atom is 0.110 e. The Bertz CT molecular complexity index is 542. The van der Waals surface area contributed by atoms with Crippen LogP contribution >= 0.6 is 11.6 Å². The predicted molar refractivity (Wildman–Crippen MR) is 88.1 cm³/mol. The highest BCUT2D eigenvalue weighted by atomic mass is 35.5. The van der Waals surface area contributed by atoms with Crippen molar-refractivity contribution in [2.45, 2.75) is 44.0 Å². The summed E-state index contributed by atoms with van der Waals surface area (Å²) in [5, 5.41) is 10.2. The Morgan fingerprint density at radius 1 is 1.35 bits per heavy atom. The summed E-state index contributed by atoms with van der Waals surface area (Å²) in [6.07, 6.45) is 3.63. The standard InChI is InChI=1S/C16H25ClN4O2/c1-7-13(8(2)23-21-7)10-4-11-9(5-12(10)22-3)14-15(17)18-6-19-16(14)20-11/h4,7-10,12-13,15,18-21H,5-6H2,1-3H3/t7?,8?,9?,10-,12?,13?,15?/m1/s1. The minimum atomic E-state index is -0.127. The molecule has 4 N–H and O–H groups in total. The van der Waals surface area contributed by atoms with Crippen molar-refractivity contribution in [3.05, 3.63) is 23.2 Å². The Labute approximate surface area is 141 Å². The van der Waals surface area contributed by atoms with Crippen LogP contribution in [0.5, 0.6) is 0 Å². The minimum absolute atomic E-state index is 0.127. The van der Waals surface area contributed by atoms with Gasteiger partial charge in [0.25, 0.3) is 0 Å². The quantitative estimate of drug-likeness (QED) is 0.444. The lowest BCUT2D eigenvalue weighted by Gasteiger charge is -2.38. The Kier molecular flexibility index (Phi) is 4.06. The van der Waals surface area contributed by atoms with E-state index in [-0.39, 0.29) is 17.7 Å². The molecule has 0 spiro atoms. The maximum absolute atomic E-state index is 6.49. The van der Waals surface area contributed by atoms with Crippen LogP contribution in [0.25, 0.3) is 0 Å². The van der Waals surface area contributed by atoms with Gasteiger partial charge in [0.05, 0.1) is 18.9 Å². The van der Waals surface area contributed by atoms with E-state index in [4.69, 9.17) is 21.2 Å². The van der Waals surface area contributed by atoms with Crippen molar-refractivity contribution < 1.29 is 9.57 Å². The summed E-state index contributed by atoms with van der Waals surface area (Å²) < 4.78 is 5.87. The lowest BCUT2D eigenvalue weighted by molar-refractivity contribution is -0.00387.